The molecule has 0 aliphatic rings. The third-order valence-electron chi connectivity index (χ3n) is 0.837. The van der Waals surface area contributed by atoms with Gasteiger partial charge in [-0.25, -0.2) is 9.78 Å². The highest BCUT2D eigenvalue weighted by Gasteiger charge is 1.85. The molecule has 0 heterocycles. The zero-order valence-corrected chi connectivity index (χ0v) is 5.93. The first-order chi connectivity index (χ1) is 4.41. The predicted molar refractivity (Wildman–Crippen MR) is 34.3 cm³/mol. The van der Waals surface area contributed by atoms with E-state index in [9.17, 15) is 0 Å². The molecule has 3 heteroatoms. The van der Waals surface area contributed by atoms with Crippen molar-refractivity contribution in [1.82, 2.24) is 0 Å². The summed E-state index contributed by atoms with van der Waals surface area (Å²) < 4.78 is 0. The highest BCUT2D eigenvalue weighted by Crippen LogP contribution is 1.79. The van der Waals surface area contributed by atoms with E-state index >= 15 is 0 Å². The Balaban J connectivity index is 2.60. The van der Waals surface area contributed by atoms with Crippen LogP contribution in [0.1, 0.15) is 13.3 Å². The van der Waals surface area contributed by atoms with Crippen LogP contribution in [0.15, 0.2) is 0 Å². The monoisotopic (exact) mass is 133 g/mol. The van der Waals surface area contributed by atoms with E-state index in [4.69, 9.17) is 4.89 Å². The maximum Gasteiger partial charge on any atom is 0.0875 e. The summed E-state index contributed by atoms with van der Waals surface area (Å²) in [5.41, 5.74) is 0. The molecule has 0 spiro atoms. The van der Waals surface area contributed by atoms with Crippen LogP contribution < -0.4 is 5.32 Å². The largest absolute Gasteiger partial charge is 0.479 e. The molecule has 0 aliphatic heterocycles. The molecule has 0 aromatic rings. The van der Waals surface area contributed by atoms with Gasteiger partial charge in [-0.2, -0.15) is 7.05 Å². The Morgan fingerprint density at radius 3 is 2.78 bits per heavy atom. The molecule has 3 nitrogen and oxygen atoms in total. The Labute approximate surface area is 56.3 Å². The molecule has 0 aromatic heterocycles. The van der Waals surface area contributed by atoms with Gasteiger partial charge in [0.15, 0.2) is 0 Å². The summed E-state index contributed by atoms with van der Waals surface area (Å²) in [6.07, 6.45) is 0.990. The molecule has 0 saturated heterocycles. The van der Waals surface area contributed by atoms with Crippen LogP contribution in [0, 0.1) is 7.05 Å². The maximum atomic E-state index is 4.74. The fraction of sp³-hybridized carbons (Fsp3) is 0.833. The number of hydrogen-bond donors (Lipinski definition) is 1. The number of quaternary nitrogens is 1. The van der Waals surface area contributed by atoms with E-state index in [1.54, 1.807) is 0 Å². The third kappa shape index (κ3) is 7.88. The maximum absolute atomic E-state index is 4.74. The second-order valence-electron chi connectivity index (χ2n) is 1.66. The van der Waals surface area contributed by atoms with E-state index in [1.165, 1.54) is 0 Å². The van der Waals surface area contributed by atoms with Crippen molar-refractivity contribution in [2.24, 2.45) is 0 Å². The van der Waals surface area contributed by atoms with Gasteiger partial charge in [-0.05, 0) is 6.92 Å². The number of nitrogens with two attached hydrogens (primary N) is 1. The first-order valence-corrected chi connectivity index (χ1v) is 3.27. The highest BCUT2D eigenvalue weighted by molar-refractivity contribution is 4.25. The van der Waals surface area contributed by atoms with Crippen LogP contribution in [0.5, 0.6) is 0 Å². The average molecular weight is 133 g/mol. The Bertz CT molecular complexity index is 44.3. The fourth-order valence-electron chi connectivity index (χ4n) is 0.429. The van der Waals surface area contributed by atoms with E-state index in [1.807, 2.05) is 12.2 Å². The Morgan fingerprint density at radius 2 is 2.22 bits per heavy atom. The Kier molecular flexibility index (Phi) is 7.77. The molecule has 0 atom stereocenters. The van der Waals surface area contributed by atoms with E-state index < -0.39 is 0 Å². The molecule has 0 amide bonds. The van der Waals surface area contributed by atoms with Gasteiger partial charge in [-0.1, -0.05) is 0 Å². The van der Waals surface area contributed by atoms with Crippen molar-refractivity contribution in [3.8, 4) is 0 Å². The van der Waals surface area contributed by atoms with E-state index in [2.05, 4.69) is 11.9 Å². The normalized spacial score (nSPS) is 10.0. The summed E-state index contributed by atoms with van der Waals surface area (Å²) >= 11 is 0. The molecule has 0 rings (SSSR count). The van der Waals surface area contributed by atoms with Gasteiger partial charge >= 0.3 is 0 Å². The van der Waals surface area contributed by atoms with Gasteiger partial charge in [0.05, 0.1) is 19.8 Å². The first kappa shape index (κ1) is 8.88. The van der Waals surface area contributed by atoms with Crippen LogP contribution in [0.2, 0.25) is 0 Å². The topological polar surface area (TPSA) is 35.1 Å². The summed E-state index contributed by atoms with van der Waals surface area (Å²) in [7, 11) is 3.58. The second kappa shape index (κ2) is 7.88. The standard InChI is InChI=1S/C6H15NO2/c1-3-8-9-6-4-5-7-2/h2-7H2,1H3. The zero-order chi connectivity index (χ0) is 6.95. The number of rotatable bonds is 6. The van der Waals surface area contributed by atoms with Crippen molar-refractivity contribution in [2.75, 3.05) is 19.8 Å². The van der Waals surface area contributed by atoms with Crippen molar-refractivity contribution in [3.05, 3.63) is 7.05 Å². The third-order valence-corrected chi connectivity index (χ3v) is 0.837. The van der Waals surface area contributed by atoms with Crippen LogP contribution >= 0.6 is 0 Å². The van der Waals surface area contributed by atoms with Crippen molar-refractivity contribution in [1.29, 1.82) is 0 Å². The molecule has 0 fully saturated rings. The first-order valence-electron chi connectivity index (χ1n) is 3.27. The molecule has 0 aliphatic carbocycles. The summed E-state index contributed by atoms with van der Waals surface area (Å²) in [6, 6.07) is 0. The van der Waals surface area contributed by atoms with Gasteiger partial charge in [-0.15, -0.1) is 0 Å². The lowest BCUT2D eigenvalue weighted by molar-refractivity contribution is -0.596. The van der Waals surface area contributed by atoms with Crippen molar-refractivity contribution in [2.45, 2.75) is 13.3 Å². The molecule has 0 aromatic carbocycles. The molecule has 2 N–H and O–H groups in total. The highest BCUT2D eigenvalue weighted by atomic mass is 17.2. The summed E-state index contributed by atoms with van der Waals surface area (Å²) in [4.78, 5) is 9.38. The lowest BCUT2D eigenvalue weighted by Crippen LogP contribution is -2.77. The minimum absolute atomic E-state index is 0.619. The Morgan fingerprint density at radius 1 is 1.44 bits per heavy atom. The molecule has 56 valence electrons. The molecule has 0 unspecified atom stereocenters. The molecule has 0 bridgehead atoms. The lowest BCUT2D eigenvalue weighted by Gasteiger charge is -2.00. The minimum Gasteiger partial charge on any atom is -0.479 e. The fourth-order valence-corrected chi connectivity index (χ4v) is 0.429. The number of hydrogen-bond acceptors (Lipinski definition) is 2. The molecular formula is C6H15NO2. The quantitative estimate of drug-likeness (QED) is 0.234. The van der Waals surface area contributed by atoms with Crippen LogP contribution in [0.25, 0.3) is 0 Å². The lowest BCUT2D eigenvalue weighted by atomic mass is 10.5. The van der Waals surface area contributed by atoms with Crippen molar-refractivity contribution >= 4 is 0 Å². The van der Waals surface area contributed by atoms with E-state index in [-0.39, 0.29) is 0 Å². The smallest absolute Gasteiger partial charge is 0.0875 e. The van der Waals surface area contributed by atoms with Crippen molar-refractivity contribution < 1.29 is 15.1 Å². The second-order valence-corrected chi connectivity index (χ2v) is 1.66. The van der Waals surface area contributed by atoms with E-state index in [0.717, 1.165) is 13.0 Å². The van der Waals surface area contributed by atoms with Crippen molar-refractivity contribution in [3.63, 3.8) is 0 Å². The van der Waals surface area contributed by atoms with Crippen LogP contribution in [0.3, 0.4) is 0 Å². The van der Waals surface area contributed by atoms with E-state index in [0.29, 0.717) is 13.2 Å². The van der Waals surface area contributed by atoms with Gasteiger partial charge in [0.1, 0.15) is 0 Å². The summed E-state index contributed by atoms with van der Waals surface area (Å²) in [5.74, 6) is 0. The zero-order valence-electron chi connectivity index (χ0n) is 5.93. The summed E-state index contributed by atoms with van der Waals surface area (Å²) in [6.45, 7) is 4.18. The van der Waals surface area contributed by atoms with Crippen LogP contribution in [-0.2, 0) is 9.78 Å². The molecule has 0 saturated carbocycles. The average Bonchev–Trinajstić information content (AvgIpc) is 1.89. The predicted octanol–water partition coefficient (Wildman–Crippen LogP) is -0.300. The van der Waals surface area contributed by atoms with Gasteiger partial charge in [-0.3, -0.25) is 0 Å². The molecular weight excluding hydrogens is 118 g/mol. The SMILES string of the molecule is [CH2-][NH2+]CCCOOCC. The molecule has 9 heavy (non-hydrogen) atoms. The molecule has 0 radical (unpaired) electrons. The van der Waals surface area contributed by atoms with Gasteiger partial charge < -0.3 is 5.32 Å². The van der Waals surface area contributed by atoms with Crippen LogP contribution in [-0.4, -0.2) is 19.8 Å². The minimum atomic E-state index is 0.619. The van der Waals surface area contributed by atoms with Gasteiger partial charge in [0.2, 0.25) is 0 Å². The van der Waals surface area contributed by atoms with Gasteiger partial charge in [0.25, 0.3) is 0 Å². The van der Waals surface area contributed by atoms with Gasteiger partial charge in [0, 0.05) is 6.42 Å². The van der Waals surface area contributed by atoms with Crippen LogP contribution in [0.4, 0.5) is 0 Å². The Hall–Kier alpha value is -0.120. The summed E-state index contributed by atoms with van der Waals surface area (Å²) in [5, 5.41) is 1.87.